The zero-order valence-corrected chi connectivity index (χ0v) is 13.4. The molecule has 0 spiro atoms. The van der Waals surface area contributed by atoms with E-state index in [1.54, 1.807) is 0 Å². The number of carbonyl (C=O) groups is 1. The first kappa shape index (κ1) is 14.7. The molecule has 0 aliphatic rings. The molecular weight excluding hydrogens is 268 g/mol. The van der Waals surface area contributed by atoms with Gasteiger partial charge in [0, 0.05) is 18.2 Å². The van der Waals surface area contributed by atoms with Crippen molar-refractivity contribution in [2.45, 2.75) is 33.1 Å². The highest BCUT2D eigenvalue weighted by Crippen LogP contribution is 2.35. The van der Waals surface area contributed by atoms with E-state index in [-0.39, 0.29) is 5.41 Å². The zero-order valence-electron chi connectivity index (χ0n) is 12.6. The number of para-hydroxylation sites is 1. The van der Waals surface area contributed by atoms with Crippen molar-refractivity contribution in [3.05, 3.63) is 40.4 Å². The molecular formula is C16H20N2OS. The summed E-state index contributed by atoms with van der Waals surface area (Å²) in [5.41, 5.74) is 3.04. The minimum Gasteiger partial charge on any atom is -0.321 e. The Labute approximate surface area is 124 Å². The highest BCUT2D eigenvalue weighted by Gasteiger charge is 2.24. The predicted molar refractivity (Wildman–Crippen MR) is 85.4 cm³/mol. The Balaban J connectivity index is 2.46. The average Bonchev–Trinajstić information content (AvgIpc) is 2.82. The first-order valence-electron chi connectivity index (χ1n) is 6.60. The van der Waals surface area contributed by atoms with Gasteiger partial charge in [0.2, 0.25) is 0 Å². The summed E-state index contributed by atoms with van der Waals surface area (Å²) in [4.78, 5) is 18.7. The maximum Gasteiger partial charge on any atom is 0.190 e. The second kappa shape index (κ2) is 5.37. The second-order valence-corrected chi connectivity index (χ2v) is 6.93. The van der Waals surface area contributed by atoms with Crippen LogP contribution >= 0.6 is 11.3 Å². The van der Waals surface area contributed by atoms with E-state index in [4.69, 9.17) is 0 Å². The number of aldehydes is 1. The van der Waals surface area contributed by atoms with Crippen molar-refractivity contribution in [3.8, 4) is 0 Å². The molecule has 0 aliphatic carbocycles. The number of hydrogen-bond acceptors (Lipinski definition) is 4. The van der Waals surface area contributed by atoms with E-state index < -0.39 is 0 Å². The lowest BCUT2D eigenvalue weighted by atomic mass is 9.91. The summed E-state index contributed by atoms with van der Waals surface area (Å²) in [6, 6.07) is 8.17. The Morgan fingerprint density at radius 2 is 1.90 bits per heavy atom. The minimum absolute atomic E-state index is 0.127. The van der Waals surface area contributed by atoms with Gasteiger partial charge in [-0.3, -0.25) is 4.79 Å². The van der Waals surface area contributed by atoms with Crippen molar-refractivity contribution in [1.82, 2.24) is 4.98 Å². The number of hydrogen-bond donors (Lipinski definition) is 0. The minimum atomic E-state index is -0.127. The molecule has 0 fully saturated rings. The van der Waals surface area contributed by atoms with Gasteiger partial charge < -0.3 is 4.90 Å². The van der Waals surface area contributed by atoms with Crippen LogP contribution in [-0.2, 0) is 5.41 Å². The molecule has 2 rings (SSSR count). The quantitative estimate of drug-likeness (QED) is 0.788. The van der Waals surface area contributed by atoms with Crippen LogP contribution in [0.25, 0.3) is 0 Å². The van der Waals surface area contributed by atoms with Gasteiger partial charge in [-0.25, -0.2) is 4.98 Å². The number of benzene rings is 1. The largest absolute Gasteiger partial charge is 0.321 e. The third kappa shape index (κ3) is 2.75. The summed E-state index contributed by atoms with van der Waals surface area (Å²) in [7, 11) is 1.99. The fraction of sp³-hybridized carbons (Fsp3) is 0.375. The molecule has 1 heterocycles. The highest BCUT2D eigenvalue weighted by molar-refractivity contribution is 7.17. The number of nitrogens with zero attached hydrogens (tertiary/aromatic N) is 2. The maximum absolute atomic E-state index is 11.3. The Kier molecular flexibility index (Phi) is 3.95. The second-order valence-electron chi connectivity index (χ2n) is 5.92. The first-order chi connectivity index (χ1) is 9.34. The number of rotatable bonds is 3. The van der Waals surface area contributed by atoms with Crippen molar-refractivity contribution in [1.29, 1.82) is 0 Å². The lowest BCUT2D eigenvalue weighted by Gasteiger charge is -2.19. The van der Waals surface area contributed by atoms with E-state index in [0.29, 0.717) is 4.88 Å². The predicted octanol–water partition coefficient (Wildman–Crippen LogP) is 4.33. The molecule has 4 heteroatoms. The molecule has 0 saturated carbocycles. The zero-order chi connectivity index (χ0) is 14.9. The van der Waals surface area contributed by atoms with Crippen LogP contribution in [0.4, 0.5) is 10.8 Å². The van der Waals surface area contributed by atoms with Gasteiger partial charge in [-0.1, -0.05) is 50.3 Å². The van der Waals surface area contributed by atoms with Gasteiger partial charge in [-0.05, 0) is 18.6 Å². The Hall–Kier alpha value is -1.68. The number of anilines is 2. The standard InChI is InChI=1S/C16H20N2OS/c1-11-8-6-7-9-12(11)18(5)15-17-14(16(2,3)4)13(10-19)20-15/h6-10H,1-5H3. The molecule has 2 aromatic rings. The molecule has 20 heavy (non-hydrogen) atoms. The number of aryl methyl sites for hydroxylation is 1. The summed E-state index contributed by atoms with van der Waals surface area (Å²) in [6.07, 6.45) is 0.910. The Morgan fingerprint density at radius 3 is 2.40 bits per heavy atom. The Morgan fingerprint density at radius 1 is 1.25 bits per heavy atom. The molecule has 0 N–H and O–H groups in total. The van der Waals surface area contributed by atoms with Gasteiger partial charge >= 0.3 is 0 Å². The molecule has 0 atom stereocenters. The summed E-state index contributed by atoms with van der Waals surface area (Å²) in [5, 5.41) is 0.853. The van der Waals surface area contributed by atoms with Crippen molar-refractivity contribution in [2.75, 3.05) is 11.9 Å². The van der Waals surface area contributed by atoms with E-state index >= 15 is 0 Å². The van der Waals surface area contributed by atoms with Gasteiger partial charge in [0.25, 0.3) is 0 Å². The molecule has 0 unspecified atom stereocenters. The van der Waals surface area contributed by atoms with E-state index in [1.807, 2.05) is 24.1 Å². The Bertz CT molecular complexity index is 626. The average molecular weight is 288 g/mol. The van der Waals surface area contributed by atoms with Crippen LogP contribution < -0.4 is 4.90 Å². The molecule has 1 aromatic heterocycles. The fourth-order valence-corrected chi connectivity index (χ4v) is 3.19. The SMILES string of the molecule is Cc1ccccc1N(C)c1nc(C(C)(C)C)c(C=O)s1. The van der Waals surface area contributed by atoms with Crippen molar-refractivity contribution < 1.29 is 4.79 Å². The molecule has 3 nitrogen and oxygen atoms in total. The number of aromatic nitrogens is 1. The molecule has 0 bridgehead atoms. The van der Waals surface area contributed by atoms with Crippen LogP contribution in [0.5, 0.6) is 0 Å². The van der Waals surface area contributed by atoms with Crippen molar-refractivity contribution >= 4 is 28.4 Å². The molecule has 1 aromatic carbocycles. The molecule has 0 amide bonds. The van der Waals surface area contributed by atoms with Gasteiger partial charge in [-0.15, -0.1) is 0 Å². The van der Waals surface area contributed by atoms with E-state index in [1.165, 1.54) is 16.9 Å². The molecule has 0 radical (unpaired) electrons. The number of carbonyl (C=O) groups excluding carboxylic acids is 1. The van der Waals surface area contributed by atoms with Crippen LogP contribution in [0.15, 0.2) is 24.3 Å². The van der Waals surface area contributed by atoms with Crippen molar-refractivity contribution in [3.63, 3.8) is 0 Å². The fourth-order valence-electron chi connectivity index (χ4n) is 2.12. The summed E-state index contributed by atoms with van der Waals surface area (Å²) in [6.45, 7) is 8.30. The highest BCUT2D eigenvalue weighted by atomic mass is 32.1. The van der Waals surface area contributed by atoms with E-state index in [2.05, 4.69) is 44.8 Å². The molecule has 0 aliphatic heterocycles. The first-order valence-corrected chi connectivity index (χ1v) is 7.42. The normalized spacial score (nSPS) is 11.4. The topological polar surface area (TPSA) is 33.2 Å². The van der Waals surface area contributed by atoms with Gasteiger partial charge in [0.1, 0.15) is 0 Å². The van der Waals surface area contributed by atoms with Crippen LogP contribution in [0.3, 0.4) is 0 Å². The summed E-state index contributed by atoms with van der Waals surface area (Å²) >= 11 is 1.44. The van der Waals surface area contributed by atoms with Gasteiger partial charge in [-0.2, -0.15) is 0 Å². The lowest BCUT2D eigenvalue weighted by molar-refractivity contribution is 0.112. The smallest absolute Gasteiger partial charge is 0.190 e. The van der Waals surface area contributed by atoms with Crippen LogP contribution in [0.1, 0.15) is 41.7 Å². The summed E-state index contributed by atoms with van der Waals surface area (Å²) < 4.78 is 0. The van der Waals surface area contributed by atoms with Crippen LogP contribution in [-0.4, -0.2) is 18.3 Å². The third-order valence-corrected chi connectivity index (χ3v) is 4.28. The monoisotopic (exact) mass is 288 g/mol. The van der Waals surface area contributed by atoms with E-state index in [9.17, 15) is 4.79 Å². The van der Waals surface area contributed by atoms with Crippen LogP contribution in [0.2, 0.25) is 0 Å². The third-order valence-electron chi connectivity index (χ3n) is 3.22. The van der Waals surface area contributed by atoms with Crippen LogP contribution in [0, 0.1) is 6.92 Å². The lowest BCUT2D eigenvalue weighted by Crippen LogP contribution is -2.15. The maximum atomic E-state index is 11.3. The van der Waals surface area contributed by atoms with Gasteiger partial charge in [0.15, 0.2) is 11.4 Å². The summed E-state index contributed by atoms with van der Waals surface area (Å²) in [5.74, 6) is 0. The van der Waals surface area contributed by atoms with Crippen molar-refractivity contribution in [2.24, 2.45) is 0 Å². The van der Waals surface area contributed by atoms with Gasteiger partial charge in [0.05, 0.1) is 10.6 Å². The molecule has 0 saturated heterocycles. The number of thiazole rings is 1. The molecule has 106 valence electrons. The van der Waals surface area contributed by atoms with E-state index in [0.717, 1.165) is 22.8 Å².